The largest absolute Gasteiger partial charge is 0.496 e. The maximum atomic E-state index is 14.0. The van der Waals surface area contributed by atoms with Crippen molar-refractivity contribution in [3.63, 3.8) is 0 Å². The number of thiazole rings is 1. The number of ether oxygens (including phenoxy) is 2. The smallest absolute Gasteiger partial charge is 0.338 e. The Morgan fingerprint density at radius 3 is 2.51 bits per heavy atom. The SMILES string of the molecule is COC(=O)C1=C(C)N=c2s/c(=C\c3ccc(OC)c(CSc4nc(C(F)F)cc(C)c4C#N)c3)c(=O)n2C1c1ccc(N(C)C)cc1. The summed E-state index contributed by atoms with van der Waals surface area (Å²) in [6.45, 7) is 3.33. The van der Waals surface area contributed by atoms with Gasteiger partial charge in [0.1, 0.15) is 22.5 Å². The van der Waals surface area contributed by atoms with Crippen LogP contribution < -0.4 is 24.5 Å². The van der Waals surface area contributed by atoms with Gasteiger partial charge in [-0.15, -0.1) is 11.8 Å². The van der Waals surface area contributed by atoms with Crippen LogP contribution in [0.3, 0.4) is 0 Å². The zero-order valence-electron chi connectivity index (χ0n) is 26.5. The standard InChI is InChI=1S/C34H31F2N5O4S2/c1-18-13-25(30(35)36)39-31(24(18)16-37)46-17-22-14-20(7-12-26(22)44-5)15-27-32(42)41-29(21-8-10-23(11-9-21)40(3)4)28(33(43)45-6)19(2)38-34(41)47-27/h7-15,29-30H,17H2,1-6H3/b27-15-. The third-order valence-corrected chi connectivity index (χ3v) is 9.66. The van der Waals surface area contributed by atoms with Crippen molar-refractivity contribution in [2.24, 2.45) is 4.99 Å². The van der Waals surface area contributed by atoms with Crippen LogP contribution in [0, 0.1) is 18.3 Å². The predicted molar refractivity (Wildman–Crippen MR) is 178 cm³/mol. The molecule has 0 amide bonds. The quantitative estimate of drug-likeness (QED) is 0.174. The van der Waals surface area contributed by atoms with Crippen LogP contribution in [0.5, 0.6) is 5.75 Å². The second kappa shape index (κ2) is 13.9. The highest BCUT2D eigenvalue weighted by Crippen LogP contribution is 2.34. The molecule has 0 radical (unpaired) electrons. The van der Waals surface area contributed by atoms with Crippen LogP contribution in [-0.2, 0) is 15.3 Å². The van der Waals surface area contributed by atoms with Crippen LogP contribution in [0.25, 0.3) is 6.08 Å². The van der Waals surface area contributed by atoms with Gasteiger partial charge in [-0.3, -0.25) is 9.36 Å². The Morgan fingerprint density at radius 1 is 1.17 bits per heavy atom. The first-order chi connectivity index (χ1) is 22.5. The topological polar surface area (TPSA) is 110 Å². The van der Waals surface area contributed by atoms with Crippen molar-refractivity contribution in [2.45, 2.75) is 37.1 Å². The lowest BCUT2D eigenvalue weighted by molar-refractivity contribution is -0.136. The van der Waals surface area contributed by atoms with Gasteiger partial charge in [0.25, 0.3) is 12.0 Å². The average Bonchev–Trinajstić information content (AvgIpc) is 3.35. The number of esters is 1. The van der Waals surface area contributed by atoms with Gasteiger partial charge in [-0.05, 0) is 66.9 Å². The first kappa shape index (κ1) is 33.6. The number of alkyl halides is 2. The van der Waals surface area contributed by atoms with Gasteiger partial charge in [-0.1, -0.05) is 29.5 Å². The van der Waals surface area contributed by atoms with Gasteiger partial charge >= 0.3 is 5.97 Å². The van der Waals surface area contributed by atoms with Crippen molar-refractivity contribution in [3.05, 3.63) is 113 Å². The number of hydrogen-bond donors (Lipinski definition) is 0. The summed E-state index contributed by atoms with van der Waals surface area (Å²) in [5.41, 5.74) is 3.80. The summed E-state index contributed by atoms with van der Waals surface area (Å²) in [6.07, 6.45) is -1.03. The van der Waals surface area contributed by atoms with Crippen molar-refractivity contribution in [1.82, 2.24) is 9.55 Å². The lowest BCUT2D eigenvalue weighted by atomic mass is 9.95. The first-order valence-electron chi connectivity index (χ1n) is 14.3. The molecule has 5 rings (SSSR count). The van der Waals surface area contributed by atoms with E-state index in [1.807, 2.05) is 49.3 Å². The van der Waals surface area contributed by atoms with E-state index in [2.05, 4.69) is 16.0 Å². The van der Waals surface area contributed by atoms with Gasteiger partial charge in [0.05, 0.1) is 41.6 Å². The van der Waals surface area contributed by atoms with E-state index in [9.17, 15) is 23.6 Å². The van der Waals surface area contributed by atoms with Gasteiger partial charge < -0.3 is 14.4 Å². The summed E-state index contributed by atoms with van der Waals surface area (Å²) >= 11 is 2.36. The number of carbonyl (C=O) groups excluding carboxylic acids is 1. The van der Waals surface area contributed by atoms with E-state index < -0.39 is 24.1 Å². The fraction of sp³-hybridized carbons (Fsp3) is 0.265. The molecule has 2 aromatic carbocycles. The molecule has 3 heterocycles. The number of nitriles is 1. The van der Waals surface area contributed by atoms with Crippen LogP contribution >= 0.6 is 23.1 Å². The molecule has 4 aromatic rings. The average molecular weight is 676 g/mol. The number of halogens is 2. The molecular formula is C34H31F2N5O4S2. The van der Waals surface area contributed by atoms with Crippen molar-refractivity contribution in [3.8, 4) is 11.8 Å². The minimum Gasteiger partial charge on any atom is -0.496 e. The van der Waals surface area contributed by atoms with Crippen molar-refractivity contribution >= 4 is 40.8 Å². The number of methoxy groups -OCH3 is 2. The van der Waals surface area contributed by atoms with Crippen molar-refractivity contribution in [2.75, 3.05) is 33.2 Å². The van der Waals surface area contributed by atoms with Gasteiger partial charge in [0.15, 0.2) is 4.80 Å². The molecule has 0 bridgehead atoms. The number of allylic oxidation sites excluding steroid dienone is 1. The molecule has 0 N–H and O–H groups in total. The van der Waals surface area contributed by atoms with Gasteiger partial charge in [-0.2, -0.15) is 5.26 Å². The van der Waals surface area contributed by atoms with Crippen LogP contribution in [-0.4, -0.2) is 43.8 Å². The molecule has 47 heavy (non-hydrogen) atoms. The fourth-order valence-corrected chi connectivity index (χ4v) is 7.37. The lowest BCUT2D eigenvalue weighted by Gasteiger charge is -2.25. The Hall–Kier alpha value is -4.80. The van der Waals surface area contributed by atoms with E-state index >= 15 is 0 Å². The number of pyridine rings is 1. The first-order valence-corrected chi connectivity index (χ1v) is 16.1. The molecule has 242 valence electrons. The van der Waals surface area contributed by atoms with E-state index in [0.717, 1.165) is 23.0 Å². The third-order valence-electron chi connectivity index (χ3n) is 7.66. The number of carbonyl (C=O) groups is 1. The van der Waals surface area contributed by atoms with Crippen LogP contribution in [0.4, 0.5) is 14.5 Å². The number of anilines is 1. The Kier molecular flexibility index (Phi) is 9.93. The third kappa shape index (κ3) is 6.70. The second-order valence-electron chi connectivity index (χ2n) is 10.9. The van der Waals surface area contributed by atoms with Crippen LogP contribution in [0.15, 0.2) is 74.6 Å². The molecule has 1 aliphatic rings. The molecule has 0 saturated heterocycles. The Labute approximate surface area is 278 Å². The molecule has 13 heteroatoms. The number of benzene rings is 2. The number of aromatic nitrogens is 2. The summed E-state index contributed by atoms with van der Waals surface area (Å²) < 4.78 is 39.5. The van der Waals surface area contributed by atoms with Crippen molar-refractivity contribution < 1.29 is 23.0 Å². The maximum absolute atomic E-state index is 14.0. The van der Waals surface area contributed by atoms with E-state index in [1.54, 1.807) is 32.1 Å². The number of nitrogens with zero attached hydrogens (tertiary/aromatic N) is 5. The summed E-state index contributed by atoms with van der Waals surface area (Å²) in [4.78, 5) is 38.1. The van der Waals surface area contributed by atoms with E-state index in [-0.39, 0.29) is 27.5 Å². The second-order valence-corrected chi connectivity index (χ2v) is 12.8. The minimum absolute atomic E-state index is 0.207. The molecule has 0 spiro atoms. The number of fused-ring (bicyclic) bond motifs is 1. The van der Waals surface area contributed by atoms with Gasteiger partial charge in [0.2, 0.25) is 0 Å². The number of hydrogen-bond acceptors (Lipinski definition) is 10. The zero-order valence-corrected chi connectivity index (χ0v) is 28.1. The highest BCUT2D eigenvalue weighted by molar-refractivity contribution is 7.98. The molecule has 1 aliphatic heterocycles. The number of rotatable bonds is 9. The number of thioether (sulfide) groups is 1. The highest BCUT2D eigenvalue weighted by atomic mass is 32.2. The Bertz CT molecular complexity index is 2120. The van der Waals surface area contributed by atoms with E-state index in [1.165, 1.54) is 36.2 Å². The molecule has 9 nitrogen and oxygen atoms in total. The summed E-state index contributed by atoms with van der Waals surface area (Å²) in [6, 6.07) is 15.6. The highest BCUT2D eigenvalue weighted by Gasteiger charge is 2.33. The van der Waals surface area contributed by atoms with E-state index in [4.69, 9.17) is 9.47 Å². The normalized spacial score (nSPS) is 14.5. The monoisotopic (exact) mass is 675 g/mol. The molecule has 0 aliphatic carbocycles. The Balaban J connectivity index is 1.57. The number of aryl methyl sites for hydroxylation is 1. The zero-order chi connectivity index (χ0) is 34.0. The van der Waals surface area contributed by atoms with Gasteiger partial charge in [-0.25, -0.2) is 23.6 Å². The summed E-state index contributed by atoms with van der Waals surface area (Å²) in [5, 5.41) is 9.85. The minimum atomic E-state index is -2.77. The molecule has 1 atom stereocenters. The van der Waals surface area contributed by atoms with Crippen molar-refractivity contribution in [1.29, 1.82) is 5.26 Å². The molecule has 2 aromatic heterocycles. The maximum Gasteiger partial charge on any atom is 0.338 e. The Morgan fingerprint density at radius 2 is 1.89 bits per heavy atom. The summed E-state index contributed by atoms with van der Waals surface area (Å²) in [7, 11) is 6.68. The lowest BCUT2D eigenvalue weighted by Crippen LogP contribution is -2.39. The summed E-state index contributed by atoms with van der Waals surface area (Å²) in [5.74, 6) is 0.253. The predicted octanol–water partition coefficient (Wildman–Crippen LogP) is 5.29. The fourth-order valence-electron chi connectivity index (χ4n) is 5.28. The molecule has 1 unspecified atom stereocenters. The van der Waals surface area contributed by atoms with Crippen LogP contribution in [0.1, 0.15) is 52.9 Å². The van der Waals surface area contributed by atoms with Crippen LogP contribution in [0.2, 0.25) is 0 Å². The molecular weight excluding hydrogens is 645 g/mol. The molecule has 0 fully saturated rings. The van der Waals surface area contributed by atoms with E-state index in [0.29, 0.717) is 37.5 Å². The molecule has 0 saturated carbocycles. The van der Waals surface area contributed by atoms with Gasteiger partial charge in [0, 0.05) is 31.1 Å².